The van der Waals surface area contributed by atoms with Crippen LogP contribution in [0.3, 0.4) is 0 Å². The highest BCUT2D eigenvalue weighted by Gasteiger charge is 2.27. The fourth-order valence-electron chi connectivity index (χ4n) is 2.56. The largest absolute Gasteiger partial charge is 0.380 e. The van der Waals surface area contributed by atoms with Gasteiger partial charge in [0.25, 0.3) is 0 Å². The minimum atomic E-state index is 0.232. The third-order valence-corrected chi connectivity index (χ3v) is 3.65. The highest BCUT2D eigenvalue weighted by atomic mass is 16.5. The van der Waals surface area contributed by atoms with Gasteiger partial charge in [0, 0.05) is 12.1 Å². The van der Waals surface area contributed by atoms with Gasteiger partial charge < -0.3 is 15.4 Å². The maximum Gasteiger partial charge on any atom is 0.0645 e. The van der Waals surface area contributed by atoms with Crippen molar-refractivity contribution >= 4 is 0 Å². The van der Waals surface area contributed by atoms with Crippen LogP contribution in [0.25, 0.3) is 0 Å². The van der Waals surface area contributed by atoms with Gasteiger partial charge in [-0.1, -0.05) is 0 Å². The van der Waals surface area contributed by atoms with Crippen molar-refractivity contribution < 1.29 is 4.74 Å². The molecule has 0 saturated carbocycles. The maximum atomic E-state index is 5.55. The molecule has 2 saturated heterocycles. The summed E-state index contributed by atoms with van der Waals surface area (Å²) >= 11 is 0. The summed E-state index contributed by atoms with van der Waals surface area (Å²) in [6, 6.07) is 0. The van der Waals surface area contributed by atoms with Crippen molar-refractivity contribution in [2.75, 3.05) is 32.8 Å². The Bertz CT molecular complexity index is 184. The van der Waals surface area contributed by atoms with Gasteiger partial charge >= 0.3 is 0 Å². The Kier molecular flexibility index (Phi) is 4.00. The Morgan fingerprint density at radius 1 is 1.47 bits per heavy atom. The van der Waals surface area contributed by atoms with Gasteiger partial charge in [0.2, 0.25) is 0 Å². The average molecular weight is 212 g/mol. The van der Waals surface area contributed by atoms with Gasteiger partial charge in [0.15, 0.2) is 0 Å². The Morgan fingerprint density at radius 2 is 2.40 bits per heavy atom. The van der Waals surface area contributed by atoms with Crippen molar-refractivity contribution in [2.24, 2.45) is 5.92 Å². The van der Waals surface area contributed by atoms with E-state index in [0.717, 1.165) is 25.7 Å². The van der Waals surface area contributed by atoms with Crippen molar-refractivity contribution in [2.45, 2.75) is 38.1 Å². The molecular weight excluding hydrogens is 188 g/mol. The molecule has 0 bridgehead atoms. The van der Waals surface area contributed by atoms with E-state index in [4.69, 9.17) is 4.74 Å². The molecule has 2 fully saturated rings. The molecule has 0 radical (unpaired) electrons. The Labute approximate surface area is 93.0 Å². The molecule has 2 aliphatic rings. The zero-order valence-electron chi connectivity index (χ0n) is 9.85. The predicted molar refractivity (Wildman–Crippen MR) is 62.1 cm³/mol. The van der Waals surface area contributed by atoms with Crippen LogP contribution in [-0.4, -0.2) is 38.4 Å². The van der Waals surface area contributed by atoms with E-state index in [2.05, 4.69) is 17.6 Å². The molecule has 0 spiro atoms. The van der Waals surface area contributed by atoms with E-state index in [0.29, 0.717) is 0 Å². The van der Waals surface area contributed by atoms with E-state index in [9.17, 15) is 0 Å². The number of piperidine rings is 1. The predicted octanol–water partition coefficient (Wildman–Crippen LogP) is 1.14. The van der Waals surface area contributed by atoms with Crippen LogP contribution >= 0.6 is 0 Å². The molecule has 3 nitrogen and oxygen atoms in total. The summed E-state index contributed by atoms with van der Waals surface area (Å²) in [5.74, 6) is 0.817. The number of hydrogen-bond acceptors (Lipinski definition) is 3. The molecule has 2 N–H and O–H groups in total. The second-order valence-electron chi connectivity index (χ2n) is 5.31. The SMILES string of the molecule is CC1(NCC2CCCNC2)CCCOC1. The molecule has 2 heterocycles. The monoisotopic (exact) mass is 212 g/mol. The molecule has 2 aliphatic heterocycles. The van der Waals surface area contributed by atoms with E-state index in [1.165, 1.54) is 38.8 Å². The highest BCUT2D eigenvalue weighted by molar-refractivity contribution is 4.86. The zero-order valence-corrected chi connectivity index (χ0v) is 9.85. The lowest BCUT2D eigenvalue weighted by Crippen LogP contribution is -2.51. The third kappa shape index (κ3) is 3.44. The van der Waals surface area contributed by atoms with Crippen LogP contribution in [0.15, 0.2) is 0 Å². The van der Waals surface area contributed by atoms with Crippen LogP contribution in [0.5, 0.6) is 0 Å². The standard InChI is InChI=1S/C12H24N2O/c1-12(5-3-7-15-10-12)14-9-11-4-2-6-13-8-11/h11,13-14H,2-10H2,1H3. The van der Waals surface area contributed by atoms with Crippen LogP contribution in [0.4, 0.5) is 0 Å². The van der Waals surface area contributed by atoms with Crippen molar-refractivity contribution in [3.05, 3.63) is 0 Å². The lowest BCUT2D eigenvalue weighted by atomic mass is 9.92. The van der Waals surface area contributed by atoms with Crippen molar-refractivity contribution in [3.63, 3.8) is 0 Å². The Hall–Kier alpha value is -0.120. The van der Waals surface area contributed by atoms with Crippen LogP contribution in [0.1, 0.15) is 32.6 Å². The van der Waals surface area contributed by atoms with Gasteiger partial charge in [-0.15, -0.1) is 0 Å². The summed E-state index contributed by atoms with van der Waals surface area (Å²) in [5.41, 5.74) is 0.232. The van der Waals surface area contributed by atoms with E-state index in [1.54, 1.807) is 0 Å². The highest BCUT2D eigenvalue weighted by Crippen LogP contribution is 2.19. The lowest BCUT2D eigenvalue weighted by Gasteiger charge is -2.36. The van der Waals surface area contributed by atoms with Crippen LogP contribution in [0.2, 0.25) is 0 Å². The molecule has 0 aromatic carbocycles. The van der Waals surface area contributed by atoms with Crippen molar-refractivity contribution in [1.29, 1.82) is 0 Å². The summed E-state index contributed by atoms with van der Waals surface area (Å²) in [7, 11) is 0. The summed E-state index contributed by atoms with van der Waals surface area (Å²) in [4.78, 5) is 0. The Morgan fingerprint density at radius 3 is 3.07 bits per heavy atom. The summed E-state index contributed by atoms with van der Waals surface area (Å²) < 4.78 is 5.55. The first kappa shape index (κ1) is 11.4. The second kappa shape index (κ2) is 5.28. The van der Waals surface area contributed by atoms with Gasteiger partial charge in [-0.05, 0) is 58.2 Å². The Balaban J connectivity index is 1.70. The summed E-state index contributed by atoms with van der Waals surface area (Å²) in [6.45, 7) is 7.66. The summed E-state index contributed by atoms with van der Waals surface area (Å²) in [5, 5.41) is 7.17. The molecule has 0 aromatic rings. The minimum absolute atomic E-state index is 0.232. The molecule has 0 amide bonds. The first-order valence-electron chi connectivity index (χ1n) is 6.32. The van der Waals surface area contributed by atoms with Crippen molar-refractivity contribution in [3.8, 4) is 0 Å². The molecule has 0 aromatic heterocycles. The van der Waals surface area contributed by atoms with Crippen LogP contribution < -0.4 is 10.6 Å². The van der Waals surface area contributed by atoms with Gasteiger partial charge in [-0.2, -0.15) is 0 Å². The molecule has 2 unspecified atom stereocenters. The molecule has 0 aliphatic carbocycles. The summed E-state index contributed by atoms with van der Waals surface area (Å²) in [6.07, 6.45) is 5.16. The first-order valence-corrected chi connectivity index (χ1v) is 6.32. The van der Waals surface area contributed by atoms with Crippen LogP contribution in [-0.2, 0) is 4.74 Å². The molecule has 2 atom stereocenters. The van der Waals surface area contributed by atoms with Crippen LogP contribution in [0, 0.1) is 5.92 Å². The first-order chi connectivity index (χ1) is 7.29. The van der Waals surface area contributed by atoms with Gasteiger partial charge in [-0.3, -0.25) is 0 Å². The van der Waals surface area contributed by atoms with Gasteiger partial charge in [-0.25, -0.2) is 0 Å². The van der Waals surface area contributed by atoms with E-state index >= 15 is 0 Å². The zero-order chi connectivity index (χ0) is 10.6. The molecule has 88 valence electrons. The average Bonchev–Trinajstić information content (AvgIpc) is 2.29. The topological polar surface area (TPSA) is 33.3 Å². The molecule has 15 heavy (non-hydrogen) atoms. The number of rotatable bonds is 3. The lowest BCUT2D eigenvalue weighted by molar-refractivity contribution is 0.0264. The molecule has 2 rings (SSSR count). The normalized spacial score (nSPS) is 37.8. The maximum absolute atomic E-state index is 5.55. The number of hydrogen-bond donors (Lipinski definition) is 2. The minimum Gasteiger partial charge on any atom is -0.380 e. The molecular formula is C12H24N2O. The van der Waals surface area contributed by atoms with E-state index < -0.39 is 0 Å². The third-order valence-electron chi connectivity index (χ3n) is 3.65. The van der Waals surface area contributed by atoms with E-state index in [1.807, 2.05) is 0 Å². The quantitative estimate of drug-likeness (QED) is 0.736. The fraction of sp³-hybridized carbons (Fsp3) is 1.00. The number of ether oxygens (including phenoxy) is 1. The molecule has 3 heteroatoms. The van der Waals surface area contributed by atoms with E-state index in [-0.39, 0.29) is 5.54 Å². The van der Waals surface area contributed by atoms with Gasteiger partial charge in [0.05, 0.1) is 6.61 Å². The number of nitrogens with one attached hydrogen (secondary N) is 2. The van der Waals surface area contributed by atoms with Crippen molar-refractivity contribution in [1.82, 2.24) is 10.6 Å². The second-order valence-corrected chi connectivity index (χ2v) is 5.31. The van der Waals surface area contributed by atoms with Gasteiger partial charge in [0.1, 0.15) is 0 Å². The fourth-order valence-corrected chi connectivity index (χ4v) is 2.56. The smallest absolute Gasteiger partial charge is 0.0645 e.